The molecular formula is C13H17F3N2O. The van der Waals surface area contributed by atoms with Crippen molar-refractivity contribution < 1.29 is 18.0 Å². The summed E-state index contributed by atoms with van der Waals surface area (Å²) in [6, 6.07) is 3.59. The standard InChI is InChI=1S/C13H17F3N2O/c1-9-5-6-10(13(14,15)16)8-11(9)18-7-3-4-12(19)17-2/h5-6,8,18H,3-4,7H2,1-2H3,(H,17,19). The Morgan fingerprint density at radius 2 is 2.00 bits per heavy atom. The van der Waals surface area contributed by atoms with E-state index in [-0.39, 0.29) is 5.91 Å². The van der Waals surface area contributed by atoms with Crippen molar-refractivity contribution in [3.8, 4) is 0 Å². The number of alkyl halides is 3. The summed E-state index contributed by atoms with van der Waals surface area (Å²) >= 11 is 0. The second kappa shape index (κ2) is 6.45. The fraction of sp³-hybridized carbons (Fsp3) is 0.462. The first kappa shape index (κ1) is 15.3. The van der Waals surface area contributed by atoms with Crippen molar-refractivity contribution in [2.75, 3.05) is 18.9 Å². The van der Waals surface area contributed by atoms with E-state index in [1.54, 1.807) is 14.0 Å². The molecule has 0 radical (unpaired) electrons. The Morgan fingerprint density at radius 1 is 1.32 bits per heavy atom. The first-order valence-electron chi connectivity index (χ1n) is 5.97. The van der Waals surface area contributed by atoms with Gasteiger partial charge < -0.3 is 10.6 Å². The molecule has 6 heteroatoms. The molecule has 0 saturated heterocycles. The summed E-state index contributed by atoms with van der Waals surface area (Å²) in [6.07, 6.45) is -3.43. The zero-order valence-corrected chi connectivity index (χ0v) is 10.9. The molecule has 3 nitrogen and oxygen atoms in total. The van der Waals surface area contributed by atoms with Crippen LogP contribution in [0.2, 0.25) is 0 Å². The molecule has 19 heavy (non-hydrogen) atoms. The molecule has 106 valence electrons. The lowest BCUT2D eigenvalue weighted by Gasteiger charge is -2.13. The molecule has 0 aliphatic heterocycles. The topological polar surface area (TPSA) is 41.1 Å². The van der Waals surface area contributed by atoms with Crippen LogP contribution in [0.5, 0.6) is 0 Å². The highest BCUT2D eigenvalue weighted by Gasteiger charge is 2.30. The summed E-state index contributed by atoms with van der Waals surface area (Å²) in [5.41, 5.74) is 0.520. The van der Waals surface area contributed by atoms with Gasteiger partial charge in [-0.05, 0) is 31.0 Å². The van der Waals surface area contributed by atoms with Gasteiger partial charge in [-0.1, -0.05) is 6.07 Å². The summed E-state index contributed by atoms with van der Waals surface area (Å²) in [5.74, 6) is -0.0810. The third-order valence-electron chi connectivity index (χ3n) is 2.74. The number of hydrogen-bond acceptors (Lipinski definition) is 2. The zero-order chi connectivity index (χ0) is 14.5. The predicted octanol–water partition coefficient (Wildman–Crippen LogP) is 2.95. The van der Waals surface area contributed by atoms with Gasteiger partial charge in [-0.3, -0.25) is 4.79 Å². The molecule has 1 aromatic rings. The van der Waals surface area contributed by atoms with E-state index in [1.807, 2.05) is 0 Å². The molecule has 0 aliphatic rings. The van der Waals surface area contributed by atoms with Crippen LogP contribution in [0.4, 0.5) is 18.9 Å². The molecule has 1 amide bonds. The molecule has 0 fully saturated rings. The highest BCUT2D eigenvalue weighted by molar-refractivity contribution is 5.75. The van der Waals surface area contributed by atoms with Gasteiger partial charge in [-0.2, -0.15) is 13.2 Å². The van der Waals surface area contributed by atoms with E-state index in [2.05, 4.69) is 10.6 Å². The van der Waals surface area contributed by atoms with Gasteiger partial charge in [0.1, 0.15) is 0 Å². The lowest BCUT2D eigenvalue weighted by Crippen LogP contribution is -2.18. The Bertz CT molecular complexity index is 444. The number of aryl methyl sites for hydroxylation is 1. The maximum Gasteiger partial charge on any atom is 0.416 e. The van der Waals surface area contributed by atoms with Crippen LogP contribution in [-0.2, 0) is 11.0 Å². The fourth-order valence-corrected chi connectivity index (χ4v) is 1.59. The summed E-state index contributed by atoms with van der Waals surface area (Å²) < 4.78 is 37.7. The van der Waals surface area contributed by atoms with Gasteiger partial charge in [-0.15, -0.1) is 0 Å². The molecule has 0 bridgehead atoms. The van der Waals surface area contributed by atoms with Crippen molar-refractivity contribution >= 4 is 11.6 Å². The molecule has 0 atom stereocenters. The van der Waals surface area contributed by atoms with Gasteiger partial charge in [0.05, 0.1) is 5.56 Å². The molecule has 1 rings (SSSR count). The van der Waals surface area contributed by atoms with Gasteiger partial charge in [0.2, 0.25) is 5.91 Å². The molecule has 1 aromatic carbocycles. The van der Waals surface area contributed by atoms with Crippen molar-refractivity contribution in [1.29, 1.82) is 0 Å². The smallest absolute Gasteiger partial charge is 0.385 e. The SMILES string of the molecule is CNC(=O)CCCNc1cc(C(F)(F)F)ccc1C. The highest BCUT2D eigenvalue weighted by Crippen LogP contribution is 2.31. The lowest BCUT2D eigenvalue weighted by molar-refractivity contribution is -0.137. The number of carbonyl (C=O) groups is 1. The molecular weight excluding hydrogens is 257 g/mol. The minimum Gasteiger partial charge on any atom is -0.385 e. The maximum absolute atomic E-state index is 12.6. The minimum atomic E-state index is -4.34. The number of halogens is 3. The number of rotatable bonds is 5. The minimum absolute atomic E-state index is 0.0810. The Balaban J connectivity index is 2.60. The molecule has 0 aromatic heterocycles. The number of nitrogens with one attached hydrogen (secondary N) is 2. The monoisotopic (exact) mass is 274 g/mol. The molecule has 0 aliphatic carbocycles. The number of carbonyl (C=O) groups excluding carboxylic acids is 1. The predicted molar refractivity (Wildman–Crippen MR) is 68.0 cm³/mol. The van der Waals surface area contributed by atoms with E-state index < -0.39 is 11.7 Å². The van der Waals surface area contributed by atoms with Crippen LogP contribution in [0, 0.1) is 6.92 Å². The van der Waals surface area contributed by atoms with Crippen LogP contribution < -0.4 is 10.6 Å². The molecule has 0 heterocycles. The largest absolute Gasteiger partial charge is 0.416 e. The molecule has 0 spiro atoms. The zero-order valence-electron chi connectivity index (χ0n) is 10.9. The number of amides is 1. The molecule has 0 saturated carbocycles. The molecule has 0 unspecified atom stereocenters. The van der Waals surface area contributed by atoms with Crippen molar-refractivity contribution in [2.24, 2.45) is 0 Å². The number of hydrogen-bond donors (Lipinski definition) is 2. The van der Waals surface area contributed by atoms with Crippen LogP contribution in [0.25, 0.3) is 0 Å². The maximum atomic E-state index is 12.6. The van der Waals surface area contributed by atoms with Gasteiger partial charge in [-0.25, -0.2) is 0 Å². The van der Waals surface area contributed by atoms with Crippen molar-refractivity contribution in [1.82, 2.24) is 5.32 Å². The first-order chi connectivity index (χ1) is 8.84. The fourth-order valence-electron chi connectivity index (χ4n) is 1.59. The molecule has 2 N–H and O–H groups in total. The van der Waals surface area contributed by atoms with E-state index >= 15 is 0 Å². The normalized spacial score (nSPS) is 11.2. The van der Waals surface area contributed by atoms with Crippen LogP contribution in [-0.4, -0.2) is 19.5 Å². The number of anilines is 1. The van der Waals surface area contributed by atoms with E-state index in [1.165, 1.54) is 6.07 Å². The van der Waals surface area contributed by atoms with Crippen LogP contribution in [0.1, 0.15) is 24.0 Å². The van der Waals surface area contributed by atoms with Crippen LogP contribution >= 0.6 is 0 Å². The lowest BCUT2D eigenvalue weighted by atomic mass is 10.1. The Kier molecular flexibility index (Phi) is 5.20. The Hall–Kier alpha value is -1.72. The highest BCUT2D eigenvalue weighted by atomic mass is 19.4. The van der Waals surface area contributed by atoms with Crippen molar-refractivity contribution in [3.05, 3.63) is 29.3 Å². The average molecular weight is 274 g/mol. The quantitative estimate of drug-likeness (QED) is 0.810. The van der Waals surface area contributed by atoms with E-state index in [9.17, 15) is 18.0 Å². The third-order valence-corrected chi connectivity index (χ3v) is 2.74. The Labute approximate surface area is 110 Å². The number of benzene rings is 1. The van der Waals surface area contributed by atoms with Crippen molar-refractivity contribution in [2.45, 2.75) is 25.9 Å². The van der Waals surface area contributed by atoms with E-state index in [4.69, 9.17) is 0 Å². The average Bonchev–Trinajstić information content (AvgIpc) is 2.34. The second-order valence-electron chi connectivity index (χ2n) is 4.23. The van der Waals surface area contributed by atoms with Crippen molar-refractivity contribution in [3.63, 3.8) is 0 Å². The summed E-state index contributed by atoms with van der Waals surface area (Å²) in [4.78, 5) is 11.0. The Morgan fingerprint density at radius 3 is 2.58 bits per heavy atom. The first-order valence-corrected chi connectivity index (χ1v) is 5.97. The van der Waals surface area contributed by atoms with Crippen LogP contribution in [0.3, 0.4) is 0 Å². The van der Waals surface area contributed by atoms with E-state index in [0.717, 1.165) is 17.7 Å². The second-order valence-corrected chi connectivity index (χ2v) is 4.23. The van der Waals surface area contributed by atoms with Gasteiger partial charge in [0.25, 0.3) is 0 Å². The summed E-state index contributed by atoms with van der Waals surface area (Å²) in [7, 11) is 1.55. The summed E-state index contributed by atoms with van der Waals surface area (Å²) in [5, 5.41) is 5.41. The summed E-state index contributed by atoms with van der Waals surface area (Å²) in [6.45, 7) is 2.19. The van der Waals surface area contributed by atoms with Gasteiger partial charge in [0, 0.05) is 25.7 Å². The van der Waals surface area contributed by atoms with Gasteiger partial charge >= 0.3 is 6.18 Å². The van der Waals surface area contributed by atoms with E-state index in [0.29, 0.717) is 25.1 Å². The third kappa shape index (κ3) is 4.81. The van der Waals surface area contributed by atoms with Crippen LogP contribution in [0.15, 0.2) is 18.2 Å². The van der Waals surface area contributed by atoms with Gasteiger partial charge in [0.15, 0.2) is 0 Å².